The molecule has 0 radical (unpaired) electrons. The molecule has 17 heavy (non-hydrogen) atoms. The van der Waals surface area contributed by atoms with Gasteiger partial charge in [-0.15, -0.1) is 0 Å². The Morgan fingerprint density at radius 2 is 2.00 bits per heavy atom. The zero-order valence-corrected chi connectivity index (χ0v) is 9.44. The molecule has 1 rings (SSSR count). The molecule has 0 aliphatic rings. The van der Waals surface area contributed by atoms with Crippen molar-refractivity contribution in [3.05, 3.63) is 29.6 Å². The highest BCUT2D eigenvalue weighted by Crippen LogP contribution is 2.32. The predicted molar refractivity (Wildman–Crippen MR) is 55.4 cm³/mol. The summed E-state index contributed by atoms with van der Waals surface area (Å²) in [6, 6.07) is 2.22. The van der Waals surface area contributed by atoms with Crippen LogP contribution in [0.15, 0.2) is 18.2 Å². The molecule has 6 heteroatoms. The van der Waals surface area contributed by atoms with Crippen LogP contribution in [0.3, 0.4) is 0 Å². The van der Waals surface area contributed by atoms with Crippen LogP contribution in [0.5, 0.6) is 5.75 Å². The van der Waals surface area contributed by atoms with Crippen molar-refractivity contribution in [2.45, 2.75) is 19.2 Å². The smallest absolute Gasteiger partial charge is 0.416 e. The van der Waals surface area contributed by atoms with Crippen molar-refractivity contribution in [2.24, 2.45) is 0 Å². The summed E-state index contributed by atoms with van der Waals surface area (Å²) in [5.74, 6) is -1.19. The molecule has 0 heterocycles. The molecule has 96 valence electrons. The Kier molecular flexibility index (Phi) is 4.34. The molecule has 1 unspecified atom stereocenters. The van der Waals surface area contributed by atoms with E-state index >= 15 is 0 Å². The summed E-state index contributed by atoms with van der Waals surface area (Å²) in [5.41, 5.74) is -1.02. The van der Waals surface area contributed by atoms with E-state index < -0.39 is 17.6 Å². The van der Waals surface area contributed by atoms with Gasteiger partial charge in [-0.05, 0) is 32.2 Å². The first-order valence-corrected chi connectivity index (χ1v) is 5.02. The Balaban J connectivity index is 2.83. The van der Waals surface area contributed by atoms with Gasteiger partial charge in [-0.3, -0.25) is 0 Å². The summed E-state index contributed by atoms with van der Waals surface area (Å²) in [4.78, 5) is 0. The topological polar surface area (TPSA) is 21.3 Å². The Bertz CT molecular complexity index is 378. The maximum absolute atomic E-state index is 13.3. The summed E-state index contributed by atoms with van der Waals surface area (Å²) in [7, 11) is 1.70. The average Bonchev–Trinajstić information content (AvgIpc) is 2.20. The summed E-state index contributed by atoms with van der Waals surface area (Å²) in [6.45, 7) is 2.16. The summed E-state index contributed by atoms with van der Waals surface area (Å²) in [6.07, 6.45) is -4.87. The Morgan fingerprint density at radius 3 is 2.47 bits per heavy atom. The van der Waals surface area contributed by atoms with E-state index in [0.29, 0.717) is 12.6 Å². The Labute approximate surface area is 96.6 Å². The standard InChI is InChI=1S/C11H13F4NO/c1-7(6-16-2)17-10-4-3-8(5-9(10)12)11(13,14)15/h3-5,7,16H,6H2,1-2H3. The van der Waals surface area contributed by atoms with Gasteiger partial charge in [0.2, 0.25) is 0 Å². The molecule has 0 spiro atoms. The fourth-order valence-corrected chi connectivity index (χ4v) is 1.32. The molecule has 1 atom stereocenters. The highest BCUT2D eigenvalue weighted by molar-refractivity contribution is 5.31. The third kappa shape index (κ3) is 3.89. The minimum Gasteiger partial charge on any atom is -0.486 e. The van der Waals surface area contributed by atoms with E-state index in [9.17, 15) is 17.6 Å². The molecule has 0 aliphatic carbocycles. The lowest BCUT2D eigenvalue weighted by atomic mass is 10.2. The average molecular weight is 251 g/mol. The summed E-state index contributed by atoms with van der Waals surface area (Å²) in [5, 5.41) is 2.82. The molecule has 0 fully saturated rings. The fraction of sp³-hybridized carbons (Fsp3) is 0.455. The van der Waals surface area contributed by atoms with Crippen LogP contribution in [-0.4, -0.2) is 19.7 Å². The maximum atomic E-state index is 13.3. The first-order chi connectivity index (χ1) is 7.84. The Morgan fingerprint density at radius 1 is 1.35 bits per heavy atom. The van der Waals surface area contributed by atoms with Gasteiger partial charge in [0.1, 0.15) is 6.10 Å². The van der Waals surface area contributed by atoms with Gasteiger partial charge in [0, 0.05) is 6.54 Å². The van der Waals surface area contributed by atoms with Crippen LogP contribution >= 0.6 is 0 Å². The van der Waals surface area contributed by atoms with Gasteiger partial charge in [-0.2, -0.15) is 13.2 Å². The van der Waals surface area contributed by atoms with Crippen LogP contribution in [0, 0.1) is 5.82 Å². The highest BCUT2D eigenvalue weighted by Gasteiger charge is 2.31. The summed E-state index contributed by atoms with van der Waals surface area (Å²) >= 11 is 0. The van der Waals surface area contributed by atoms with Crippen LogP contribution in [0.2, 0.25) is 0 Å². The number of halogens is 4. The lowest BCUT2D eigenvalue weighted by molar-refractivity contribution is -0.137. The number of hydrogen-bond donors (Lipinski definition) is 1. The first kappa shape index (κ1) is 13.8. The monoisotopic (exact) mass is 251 g/mol. The molecule has 0 saturated heterocycles. The second kappa shape index (κ2) is 5.35. The van der Waals surface area contributed by atoms with Crippen molar-refractivity contribution in [2.75, 3.05) is 13.6 Å². The molecule has 0 bridgehead atoms. The molecule has 1 aromatic rings. The number of ether oxygens (including phenoxy) is 1. The van der Waals surface area contributed by atoms with Gasteiger partial charge < -0.3 is 10.1 Å². The lowest BCUT2D eigenvalue weighted by Gasteiger charge is -2.15. The van der Waals surface area contributed by atoms with Crippen molar-refractivity contribution in [3.63, 3.8) is 0 Å². The van der Waals surface area contributed by atoms with E-state index in [1.807, 2.05) is 0 Å². The number of nitrogens with one attached hydrogen (secondary N) is 1. The van der Waals surface area contributed by atoms with Crippen molar-refractivity contribution in [1.82, 2.24) is 5.32 Å². The SMILES string of the molecule is CNCC(C)Oc1ccc(C(F)(F)F)cc1F. The summed E-state index contributed by atoms with van der Waals surface area (Å²) < 4.78 is 55.3. The van der Waals surface area contributed by atoms with Gasteiger partial charge in [-0.25, -0.2) is 4.39 Å². The third-order valence-electron chi connectivity index (χ3n) is 2.08. The minimum atomic E-state index is -4.55. The quantitative estimate of drug-likeness (QED) is 0.831. The normalized spacial score (nSPS) is 13.5. The molecular formula is C11H13F4NO. The van der Waals surface area contributed by atoms with Crippen LogP contribution in [0.4, 0.5) is 17.6 Å². The second-order valence-corrected chi connectivity index (χ2v) is 3.63. The van der Waals surface area contributed by atoms with Gasteiger partial charge in [-0.1, -0.05) is 0 Å². The molecule has 0 amide bonds. The van der Waals surface area contributed by atoms with Crippen LogP contribution in [-0.2, 0) is 6.18 Å². The Hall–Kier alpha value is -1.30. The van der Waals surface area contributed by atoms with Gasteiger partial charge in [0.05, 0.1) is 5.56 Å². The first-order valence-electron chi connectivity index (χ1n) is 5.02. The van der Waals surface area contributed by atoms with E-state index in [4.69, 9.17) is 4.74 Å². The molecular weight excluding hydrogens is 238 g/mol. The van der Waals surface area contributed by atoms with Gasteiger partial charge in [0.15, 0.2) is 11.6 Å². The number of likely N-dealkylation sites (N-methyl/N-ethyl adjacent to an activating group) is 1. The largest absolute Gasteiger partial charge is 0.486 e. The van der Waals surface area contributed by atoms with E-state index in [1.54, 1.807) is 14.0 Å². The number of rotatable bonds is 4. The molecule has 0 saturated carbocycles. The molecule has 1 N–H and O–H groups in total. The zero-order valence-electron chi connectivity index (χ0n) is 9.44. The number of alkyl halides is 3. The molecule has 2 nitrogen and oxygen atoms in total. The van der Waals surface area contributed by atoms with Crippen molar-refractivity contribution in [1.29, 1.82) is 0 Å². The number of benzene rings is 1. The fourth-order valence-electron chi connectivity index (χ4n) is 1.32. The predicted octanol–water partition coefficient (Wildman–Crippen LogP) is 2.83. The van der Waals surface area contributed by atoms with Crippen LogP contribution in [0.25, 0.3) is 0 Å². The van der Waals surface area contributed by atoms with Gasteiger partial charge >= 0.3 is 6.18 Å². The van der Waals surface area contributed by atoms with E-state index in [0.717, 1.165) is 12.1 Å². The van der Waals surface area contributed by atoms with E-state index in [-0.39, 0.29) is 11.9 Å². The minimum absolute atomic E-state index is 0.180. The second-order valence-electron chi connectivity index (χ2n) is 3.63. The van der Waals surface area contributed by atoms with Crippen LogP contribution < -0.4 is 10.1 Å². The van der Waals surface area contributed by atoms with E-state index in [1.165, 1.54) is 0 Å². The van der Waals surface area contributed by atoms with Crippen molar-refractivity contribution in [3.8, 4) is 5.75 Å². The van der Waals surface area contributed by atoms with E-state index in [2.05, 4.69) is 5.32 Å². The molecule has 1 aromatic carbocycles. The van der Waals surface area contributed by atoms with Crippen molar-refractivity contribution < 1.29 is 22.3 Å². The lowest BCUT2D eigenvalue weighted by Crippen LogP contribution is -2.26. The third-order valence-corrected chi connectivity index (χ3v) is 2.08. The maximum Gasteiger partial charge on any atom is 0.416 e. The molecule has 0 aliphatic heterocycles. The zero-order chi connectivity index (χ0) is 13.1. The molecule has 0 aromatic heterocycles. The van der Waals surface area contributed by atoms with Crippen molar-refractivity contribution >= 4 is 0 Å². The van der Waals surface area contributed by atoms with Gasteiger partial charge in [0.25, 0.3) is 0 Å². The highest BCUT2D eigenvalue weighted by atomic mass is 19.4. The van der Waals surface area contributed by atoms with Crippen LogP contribution in [0.1, 0.15) is 12.5 Å². The number of hydrogen-bond acceptors (Lipinski definition) is 2.